The summed E-state index contributed by atoms with van der Waals surface area (Å²) in [6.07, 6.45) is 0. The van der Waals surface area contributed by atoms with Gasteiger partial charge in [0.05, 0.1) is 13.1 Å². The number of rotatable bonds is 2. The molecule has 1 aromatic carbocycles. The van der Waals surface area contributed by atoms with Crippen molar-refractivity contribution in [3.63, 3.8) is 0 Å². The predicted molar refractivity (Wildman–Crippen MR) is 65.9 cm³/mol. The molecule has 14 heavy (non-hydrogen) atoms. The summed E-state index contributed by atoms with van der Waals surface area (Å²) in [5.41, 5.74) is 1.45. The molecule has 0 saturated carbocycles. The Kier molecular flexibility index (Phi) is 3.90. The Hall–Kier alpha value is 0.01000. The normalized spacial score (nSPS) is 18.4. The van der Waals surface area contributed by atoms with Crippen molar-refractivity contribution in [1.29, 1.82) is 0 Å². The zero-order valence-corrected chi connectivity index (χ0v) is 10.5. The average molecular weight is 273 g/mol. The van der Waals surface area contributed by atoms with Crippen LogP contribution in [0.5, 0.6) is 0 Å². The minimum atomic E-state index is 1.18. The van der Waals surface area contributed by atoms with Crippen molar-refractivity contribution in [1.82, 2.24) is 0 Å². The Morgan fingerprint density at radius 3 is 2.79 bits per heavy atom. The van der Waals surface area contributed by atoms with E-state index < -0.39 is 0 Å². The van der Waals surface area contributed by atoms with E-state index in [9.17, 15) is 0 Å². The molecule has 3 heteroatoms. The lowest BCUT2D eigenvalue weighted by Gasteiger charge is -2.23. The lowest BCUT2D eigenvalue weighted by Crippen LogP contribution is -3.12. The number of nitrogens with one attached hydrogen (secondary N) is 1. The van der Waals surface area contributed by atoms with Crippen LogP contribution in [0.25, 0.3) is 0 Å². The minimum absolute atomic E-state index is 1.18. The smallest absolute Gasteiger partial charge is 0.103 e. The molecular weight excluding hydrogens is 258 g/mol. The van der Waals surface area contributed by atoms with Crippen molar-refractivity contribution in [2.75, 3.05) is 24.6 Å². The van der Waals surface area contributed by atoms with Gasteiger partial charge in [-0.25, -0.2) is 0 Å². The summed E-state index contributed by atoms with van der Waals surface area (Å²) in [5, 5.41) is 0. The first-order valence-electron chi connectivity index (χ1n) is 5.00. The maximum absolute atomic E-state index is 3.51. The van der Waals surface area contributed by atoms with Crippen LogP contribution in [0.15, 0.2) is 28.7 Å². The zero-order valence-electron chi connectivity index (χ0n) is 8.13. The van der Waals surface area contributed by atoms with Crippen LogP contribution >= 0.6 is 27.7 Å². The summed E-state index contributed by atoms with van der Waals surface area (Å²) in [5.74, 6) is 2.65. The monoisotopic (exact) mass is 272 g/mol. The van der Waals surface area contributed by atoms with Crippen molar-refractivity contribution in [3.05, 3.63) is 34.3 Å². The highest BCUT2D eigenvalue weighted by Gasteiger charge is 2.13. The summed E-state index contributed by atoms with van der Waals surface area (Å²) in [6.45, 7) is 3.81. The van der Waals surface area contributed by atoms with Gasteiger partial charge in [0, 0.05) is 21.5 Å². The third kappa shape index (κ3) is 3.01. The fraction of sp³-hybridized carbons (Fsp3) is 0.455. The van der Waals surface area contributed by atoms with Gasteiger partial charge in [-0.3, -0.25) is 0 Å². The van der Waals surface area contributed by atoms with Crippen LogP contribution in [-0.2, 0) is 6.54 Å². The number of halogens is 1. The second-order valence-electron chi connectivity index (χ2n) is 3.67. The first kappa shape index (κ1) is 10.5. The highest BCUT2D eigenvalue weighted by molar-refractivity contribution is 9.10. The van der Waals surface area contributed by atoms with Crippen LogP contribution in [0, 0.1) is 0 Å². The Bertz CT molecular complexity index is 297. The van der Waals surface area contributed by atoms with Crippen molar-refractivity contribution in [2.45, 2.75) is 6.54 Å². The van der Waals surface area contributed by atoms with E-state index in [-0.39, 0.29) is 0 Å². The van der Waals surface area contributed by atoms with E-state index in [1.165, 1.54) is 41.2 Å². The van der Waals surface area contributed by atoms with E-state index in [1.807, 2.05) is 0 Å². The van der Waals surface area contributed by atoms with Gasteiger partial charge in [0.1, 0.15) is 6.54 Å². The van der Waals surface area contributed by atoms with Gasteiger partial charge in [-0.1, -0.05) is 28.1 Å². The molecular formula is C11H15BrNS+. The molecule has 0 radical (unpaired) electrons. The van der Waals surface area contributed by atoms with Gasteiger partial charge in [0.15, 0.2) is 0 Å². The minimum Gasteiger partial charge on any atom is -0.330 e. The van der Waals surface area contributed by atoms with E-state index in [4.69, 9.17) is 0 Å². The molecule has 0 aliphatic carbocycles. The maximum Gasteiger partial charge on any atom is 0.103 e. The molecule has 76 valence electrons. The molecule has 1 aliphatic rings. The molecule has 1 nitrogen and oxygen atoms in total. The second kappa shape index (κ2) is 5.19. The van der Waals surface area contributed by atoms with Crippen molar-refractivity contribution < 1.29 is 4.90 Å². The van der Waals surface area contributed by atoms with E-state index >= 15 is 0 Å². The molecule has 0 atom stereocenters. The van der Waals surface area contributed by atoms with Crippen LogP contribution in [0.1, 0.15) is 5.56 Å². The summed E-state index contributed by atoms with van der Waals surface area (Å²) >= 11 is 5.60. The van der Waals surface area contributed by atoms with Crippen molar-refractivity contribution in [3.8, 4) is 0 Å². The van der Waals surface area contributed by atoms with E-state index in [0.29, 0.717) is 0 Å². The third-order valence-corrected chi connectivity index (χ3v) is 4.02. The molecule has 0 spiro atoms. The van der Waals surface area contributed by atoms with E-state index in [0.717, 1.165) is 0 Å². The molecule has 1 aliphatic heterocycles. The molecule has 1 aromatic rings. The fourth-order valence-electron chi connectivity index (χ4n) is 1.77. The molecule has 0 unspecified atom stereocenters. The Labute approximate surface area is 98.0 Å². The number of hydrogen-bond acceptors (Lipinski definition) is 1. The van der Waals surface area contributed by atoms with Gasteiger partial charge in [0.25, 0.3) is 0 Å². The number of quaternary nitrogens is 1. The highest BCUT2D eigenvalue weighted by Crippen LogP contribution is 2.10. The van der Waals surface area contributed by atoms with Gasteiger partial charge in [-0.05, 0) is 12.1 Å². The van der Waals surface area contributed by atoms with Crippen LogP contribution in [0.3, 0.4) is 0 Å². The molecule has 1 N–H and O–H groups in total. The molecule has 0 amide bonds. The fourth-order valence-corrected chi connectivity index (χ4v) is 3.29. The van der Waals surface area contributed by atoms with Crippen LogP contribution in [0.2, 0.25) is 0 Å². The second-order valence-corrected chi connectivity index (χ2v) is 5.81. The quantitative estimate of drug-likeness (QED) is 0.857. The summed E-state index contributed by atoms with van der Waals surface area (Å²) in [4.78, 5) is 1.72. The molecule has 0 aromatic heterocycles. The van der Waals surface area contributed by atoms with Crippen LogP contribution in [-0.4, -0.2) is 24.6 Å². The van der Waals surface area contributed by atoms with Gasteiger partial charge >= 0.3 is 0 Å². The summed E-state index contributed by atoms with van der Waals surface area (Å²) in [7, 11) is 0. The van der Waals surface area contributed by atoms with Gasteiger partial charge in [-0.15, -0.1) is 0 Å². The molecule has 1 saturated heterocycles. The van der Waals surface area contributed by atoms with Crippen molar-refractivity contribution >= 4 is 27.7 Å². The average Bonchev–Trinajstić information content (AvgIpc) is 2.19. The predicted octanol–water partition coefficient (Wildman–Crippen LogP) is 1.58. The lowest BCUT2D eigenvalue weighted by molar-refractivity contribution is -0.910. The molecule has 1 heterocycles. The Morgan fingerprint density at radius 2 is 2.07 bits per heavy atom. The van der Waals surface area contributed by atoms with E-state index in [2.05, 4.69) is 52.0 Å². The number of hydrogen-bond donors (Lipinski definition) is 1. The molecule has 1 fully saturated rings. The maximum atomic E-state index is 3.51. The first-order chi connectivity index (χ1) is 6.84. The third-order valence-electron chi connectivity index (χ3n) is 2.54. The lowest BCUT2D eigenvalue weighted by atomic mass is 10.2. The topological polar surface area (TPSA) is 4.44 Å². The van der Waals surface area contributed by atoms with Gasteiger partial charge < -0.3 is 4.90 Å². The number of thioether (sulfide) groups is 1. The van der Waals surface area contributed by atoms with Gasteiger partial charge in [-0.2, -0.15) is 11.8 Å². The Morgan fingerprint density at radius 1 is 1.29 bits per heavy atom. The SMILES string of the molecule is Brc1cccc(C[NH+]2CCSCC2)c1. The highest BCUT2D eigenvalue weighted by atomic mass is 79.9. The van der Waals surface area contributed by atoms with Crippen molar-refractivity contribution in [2.24, 2.45) is 0 Å². The molecule has 0 bridgehead atoms. The van der Waals surface area contributed by atoms with Gasteiger partial charge in [0.2, 0.25) is 0 Å². The Balaban J connectivity index is 1.95. The first-order valence-corrected chi connectivity index (χ1v) is 6.95. The van der Waals surface area contributed by atoms with Crippen LogP contribution < -0.4 is 4.90 Å². The van der Waals surface area contributed by atoms with E-state index in [1.54, 1.807) is 4.90 Å². The molecule has 2 rings (SSSR count). The number of benzene rings is 1. The van der Waals surface area contributed by atoms with Crippen LogP contribution in [0.4, 0.5) is 0 Å². The summed E-state index contributed by atoms with van der Waals surface area (Å²) in [6, 6.07) is 8.66. The largest absolute Gasteiger partial charge is 0.330 e. The summed E-state index contributed by atoms with van der Waals surface area (Å²) < 4.78 is 1.20. The standard InChI is InChI=1S/C11H14BrNS/c12-11-3-1-2-10(8-11)9-13-4-6-14-7-5-13/h1-3,8H,4-7,9H2/p+1. The zero-order chi connectivity index (χ0) is 9.80.